The van der Waals surface area contributed by atoms with Crippen molar-refractivity contribution in [2.75, 3.05) is 25.0 Å². The zero-order valence-corrected chi connectivity index (χ0v) is 11.5. The molecule has 1 saturated heterocycles. The third kappa shape index (κ3) is 2.41. The maximum Gasteiger partial charge on any atom is 0.0369 e. The molecule has 0 spiro atoms. The van der Waals surface area contributed by atoms with E-state index in [9.17, 15) is 0 Å². The number of hydrogen-bond acceptors (Lipinski definition) is 2. The second-order valence-electron chi connectivity index (χ2n) is 4.52. The van der Waals surface area contributed by atoms with Gasteiger partial charge in [0.05, 0.1) is 0 Å². The average Bonchev–Trinajstić information content (AvgIpc) is 2.63. The molecule has 1 fully saturated rings. The minimum absolute atomic E-state index is 0.633. The van der Waals surface area contributed by atoms with Crippen LogP contribution in [0.2, 0.25) is 0 Å². The molecule has 2 unspecified atom stereocenters. The van der Waals surface area contributed by atoms with E-state index in [-0.39, 0.29) is 0 Å². The van der Waals surface area contributed by atoms with Crippen molar-refractivity contribution in [1.29, 1.82) is 0 Å². The summed E-state index contributed by atoms with van der Waals surface area (Å²) in [6.45, 7) is 4.63. The highest BCUT2D eigenvalue weighted by Gasteiger charge is 2.29. The number of benzene rings is 1. The minimum atomic E-state index is 0.633. The number of rotatable bonds is 3. The number of hydrogen-bond donors (Lipinski definition) is 1. The zero-order chi connectivity index (χ0) is 11.5. The normalized spacial score (nSPS) is 25.1. The highest BCUT2D eigenvalue weighted by molar-refractivity contribution is 9.10. The molecular formula is C13H19BrN2. The number of nitrogens with zero attached hydrogens (tertiary/aromatic N) is 1. The Morgan fingerprint density at radius 1 is 1.38 bits per heavy atom. The van der Waals surface area contributed by atoms with Crippen molar-refractivity contribution < 1.29 is 0 Å². The van der Waals surface area contributed by atoms with Crippen molar-refractivity contribution >= 4 is 21.6 Å². The smallest absolute Gasteiger partial charge is 0.0369 e. The van der Waals surface area contributed by atoms with Crippen molar-refractivity contribution in [1.82, 2.24) is 5.32 Å². The molecule has 1 N–H and O–H groups in total. The summed E-state index contributed by atoms with van der Waals surface area (Å²) >= 11 is 3.48. The average molecular weight is 283 g/mol. The highest BCUT2D eigenvalue weighted by atomic mass is 79.9. The van der Waals surface area contributed by atoms with Crippen LogP contribution in [0.3, 0.4) is 0 Å². The van der Waals surface area contributed by atoms with Crippen molar-refractivity contribution in [3.05, 3.63) is 28.7 Å². The Hall–Kier alpha value is -0.540. The molecule has 1 aromatic rings. The van der Waals surface area contributed by atoms with Gasteiger partial charge >= 0.3 is 0 Å². The molecule has 0 aromatic heterocycles. The second-order valence-corrected chi connectivity index (χ2v) is 5.43. The number of nitrogens with one attached hydrogen (secondary N) is 1. The standard InChI is InChI=1S/C13H19BrN2/c1-10-11(9-15-2)7-8-16(10)13-5-3-12(14)4-6-13/h3-6,10-11,15H,7-9H2,1-2H3. The van der Waals surface area contributed by atoms with Gasteiger partial charge in [-0.25, -0.2) is 0 Å². The Kier molecular flexibility index (Phi) is 3.87. The molecule has 0 amide bonds. The Bertz CT molecular complexity index is 336. The molecule has 1 aliphatic rings. The third-order valence-electron chi connectivity index (χ3n) is 3.54. The Morgan fingerprint density at radius 2 is 2.06 bits per heavy atom. The largest absolute Gasteiger partial charge is 0.368 e. The van der Waals surface area contributed by atoms with Crippen molar-refractivity contribution in [2.45, 2.75) is 19.4 Å². The Morgan fingerprint density at radius 3 is 2.69 bits per heavy atom. The molecule has 0 radical (unpaired) electrons. The molecule has 88 valence electrons. The summed E-state index contributed by atoms with van der Waals surface area (Å²) in [5, 5.41) is 3.29. The molecule has 16 heavy (non-hydrogen) atoms. The van der Waals surface area contributed by atoms with Gasteiger partial charge in [-0.1, -0.05) is 15.9 Å². The molecule has 2 nitrogen and oxygen atoms in total. The molecule has 1 aliphatic heterocycles. The van der Waals surface area contributed by atoms with Crippen LogP contribution in [-0.2, 0) is 0 Å². The number of halogens is 1. The Labute approximate surface area is 106 Å². The molecule has 2 atom stereocenters. The zero-order valence-electron chi connectivity index (χ0n) is 9.91. The van der Waals surface area contributed by atoms with Crippen LogP contribution in [-0.4, -0.2) is 26.2 Å². The van der Waals surface area contributed by atoms with Gasteiger partial charge in [0.1, 0.15) is 0 Å². The minimum Gasteiger partial charge on any atom is -0.368 e. The lowest BCUT2D eigenvalue weighted by atomic mass is 10.0. The van der Waals surface area contributed by atoms with Gasteiger partial charge in [0.2, 0.25) is 0 Å². The first-order valence-corrected chi connectivity index (χ1v) is 6.68. The van der Waals surface area contributed by atoms with Crippen molar-refractivity contribution in [3.8, 4) is 0 Å². The maximum atomic E-state index is 3.48. The third-order valence-corrected chi connectivity index (χ3v) is 4.07. The fourth-order valence-electron chi connectivity index (χ4n) is 2.54. The predicted octanol–water partition coefficient (Wildman–Crippen LogP) is 2.88. The fourth-order valence-corrected chi connectivity index (χ4v) is 2.80. The van der Waals surface area contributed by atoms with Gasteiger partial charge in [-0.3, -0.25) is 0 Å². The highest BCUT2D eigenvalue weighted by Crippen LogP contribution is 2.29. The second kappa shape index (κ2) is 5.19. The molecule has 0 saturated carbocycles. The molecule has 1 aromatic carbocycles. The maximum absolute atomic E-state index is 3.48. The van der Waals surface area contributed by atoms with Crippen molar-refractivity contribution in [2.24, 2.45) is 5.92 Å². The summed E-state index contributed by atoms with van der Waals surface area (Å²) in [6.07, 6.45) is 1.29. The molecule has 2 rings (SSSR count). The monoisotopic (exact) mass is 282 g/mol. The van der Waals surface area contributed by atoms with Crippen LogP contribution in [0.4, 0.5) is 5.69 Å². The SMILES string of the molecule is CNCC1CCN(c2ccc(Br)cc2)C1C. The van der Waals surface area contributed by atoms with E-state index in [0.717, 1.165) is 16.9 Å². The van der Waals surface area contributed by atoms with Crippen LogP contribution < -0.4 is 10.2 Å². The first-order valence-electron chi connectivity index (χ1n) is 5.89. The van der Waals surface area contributed by atoms with Gasteiger partial charge in [-0.15, -0.1) is 0 Å². The van der Waals surface area contributed by atoms with Crippen LogP contribution in [0, 0.1) is 5.92 Å². The van der Waals surface area contributed by atoms with E-state index in [1.165, 1.54) is 18.7 Å². The van der Waals surface area contributed by atoms with E-state index < -0.39 is 0 Å². The molecule has 0 aliphatic carbocycles. The predicted molar refractivity (Wildman–Crippen MR) is 73.0 cm³/mol. The van der Waals surface area contributed by atoms with E-state index in [0.29, 0.717) is 6.04 Å². The Balaban J connectivity index is 2.08. The summed E-state index contributed by atoms with van der Waals surface area (Å²) in [5.41, 5.74) is 1.34. The van der Waals surface area contributed by atoms with Gasteiger partial charge < -0.3 is 10.2 Å². The van der Waals surface area contributed by atoms with E-state index in [4.69, 9.17) is 0 Å². The first kappa shape index (κ1) is 11.9. The van der Waals surface area contributed by atoms with Crippen LogP contribution in [0.15, 0.2) is 28.7 Å². The molecule has 3 heteroatoms. The van der Waals surface area contributed by atoms with Gasteiger partial charge in [0.25, 0.3) is 0 Å². The lowest BCUT2D eigenvalue weighted by Crippen LogP contribution is -2.33. The summed E-state index contributed by atoms with van der Waals surface area (Å²) in [4.78, 5) is 2.51. The summed E-state index contributed by atoms with van der Waals surface area (Å²) in [7, 11) is 2.04. The summed E-state index contributed by atoms with van der Waals surface area (Å²) < 4.78 is 1.15. The lowest BCUT2D eigenvalue weighted by molar-refractivity contribution is 0.474. The quantitative estimate of drug-likeness (QED) is 0.917. The van der Waals surface area contributed by atoms with Crippen molar-refractivity contribution in [3.63, 3.8) is 0 Å². The molecule has 1 heterocycles. The van der Waals surface area contributed by atoms with Crippen LogP contribution >= 0.6 is 15.9 Å². The van der Waals surface area contributed by atoms with E-state index in [1.807, 2.05) is 7.05 Å². The van der Waals surface area contributed by atoms with E-state index in [2.05, 4.69) is 57.3 Å². The molecular weight excluding hydrogens is 264 g/mol. The van der Waals surface area contributed by atoms with Gasteiger partial charge in [0, 0.05) is 22.7 Å². The van der Waals surface area contributed by atoms with Crippen LogP contribution in [0.5, 0.6) is 0 Å². The summed E-state index contributed by atoms with van der Waals surface area (Å²) in [5.74, 6) is 0.772. The topological polar surface area (TPSA) is 15.3 Å². The van der Waals surface area contributed by atoms with Crippen LogP contribution in [0.25, 0.3) is 0 Å². The van der Waals surface area contributed by atoms with Crippen LogP contribution in [0.1, 0.15) is 13.3 Å². The van der Waals surface area contributed by atoms with Gasteiger partial charge in [-0.05, 0) is 57.1 Å². The molecule has 0 bridgehead atoms. The van der Waals surface area contributed by atoms with Gasteiger partial charge in [0.15, 0.2) is 0 Å². The number of anilines is 1. The lowest BCUT2D eigenvalue weighted by Gasteiger charge is -2.26. The van der Waals surface area contributed by atoms with E-state index >= 15 is 0 Å². The van der Waals surface area contributed by atoms with E-state index in [1.54, 1.807) is 0 Å². The first-order chi connectivity index (χ1) is 7.72. The fraction of sp³-hybridized carbons (Fsp3) is 0.538. The summed E-state index contributed by atoms with van der Waals surface area (Å²) in [6, 6.07) is 9.26. The van der Waals surface area contributed by atoms with Gasteiger partial charge in [-0.2, -0.15) is 0 Å².